The van der Waals surface area contributed by atoms with Gasteiger partial charge in [-0.05, 0) is 43.0 Å². The van der Waals surface area contributed by atoms with Crippen LogP contribution in [0.4, 0.5) is 10.8 Å². The highest BCUT2D eigenvalue weighted by Gasteiger charge is 2.07. The quantitative estimate of drug-likeness (QED) is 0.689. The first-order valence-electron chi connectivity index (χ1n) is 6.54. The van der Waals surface area contributed by atoms with Gasteiger partial charge in [0.2, 0.25) is 0 Å². The Morgan fingerprint density at radius 3 is 2.95 bits per heavy atom. The summed E-state index contributed by atoms with van der Waals surface area (Å²) in [5, 5.41) is 6.32. The summed E-state index contributed by atoms with van der Waals surface area (Å²) in [5.74, 6) is 0. The van der Waals surface area contributed by atoms with Crippen LogP contribution in [0.1, 0.15) is 5.56 Å². The van der Waals surface area contributed by atoms with Gasteiger partial charge in [-0.1, -0.05) is 6.07 Å². The molecule has 0 aliphatic heterocycles. The molecule has 3 aromatic rings. The Kier molecular flexibility index (Phi) is 4.22. The van der Waals surface area contributed by atoms with Crippen LogP contribution in [-0.2, 0) is 0 Å². The zero-order valence-electron chi connectivity index (χ0n) is 11.8. The number of thiazole rings is 1. The zero-order chi connectivity index (χ0) is 14.7. The number of anilines is 2. The summed E-state index contributed by atoms with van der Waals surface area (Å²) in [7, 11) is 0. The van der Waals surface area contributed by atoms with Crippen molar-refractivity contribution in [3.63, 3.8) is 0 Å². The Hall–Kier alpha value is -1.85. The van der Waals surface area contributed by atoms with Crippen molar-refractivity contribution in [2.24, 2.45) is 0 Å². The van der Waals surface area contributed by atoms with Crippen molar-refractivity contribution in [1.29, 1.82) is 0 Å². The van der Waals surface area contributed by atoms with Gasteiger partial charge in [0.15, 0.2) is 5.13 Å². The molecule has 0 amide bonds. The molecule has 0 saturated carbocycles. The van der Waals surface area contributed by atoms with Gasteiger partial charge < -0.3 is 5.32 Å². The molecule has 106 valence electrons. The fraction of sp³-hybridized carbons (Fsp3) is 0.125. The second-order valence-corrected chi connectivity index (χ2v) is 6.32. The lowest BCUT2D eigenvalue weighted by Gasteiger charge is -2.04. The molecule has 0 aliphatic carbocycles. The molecule has 0 saturated heterocycles. The van der Waals surface area contributed by atoms with Gasteiger partial charge in [-0.2, -0.15) is 0 Å². The molecule has 0 aliphatic rings. The molecule has 5 heteroatoms. The maximum absolute atomic E-state index is 4.65. The number of hydrogen-bond donors (Lipinski definition) is 1. The molecule has 21 heavy (non-hydrogen) atoms. The van der Waals surface area contributed by atoms with Gasteiger partial charge in [0.25, 0.3) is 0 Å². The van der Waals surface area contributed by atoms with E-state index >= 15 is 0 Å². The van der Waals surface area contributed by atoms with E-state index in [-0.39, 0.29) is 0 Å². The fourth-order valence-electron chi connectivity index (χ4n) is 2.01. The largest absolute Gasteiger partial charge is 0.332 e. The minimum atomic E-state index is 0.895. The van der Waals surface area contributed by atoms with Crippen LogP contribution in [0.3, 0.4) is 0 Å². The highest BCUT2D eigenvalue weighted by atomic mass is 32.2. The number of hydrogen-bond acceptors (Lipinski definition) is 5. The highest BCUT2D eigenvalue weighted by Crippen LogP contribution is 2.29. The third kappa shape index (κ3) is 3.25. The first-order valence-corrected chi connectivity index (χ1v) is 8.64. The molecule has 0 fully saturated rings. The molecule has 0 atom stereocenters. The molecule has 0 unspecified atom stereocenters. The topological polar surface area (TPSA) is 37.8 Å². The summed E-state index contributed by atoms with van der Waals surface area (Å²) in [5.41, 5.74) is 4.30. The summed E-state index contributed by atoms with van der Waals surface area (Å²) in [4.78, 5) is 10.1. The Bertz CT molecular complexity index is 753. The fourth-order valence-corrected chi connectivity index (χ4v) is 3.20. The molecule has 3 rings (SSSR count). The molecule has 1 N–H and O–H groups in total. The standard InChI is InChI=1S/C16H15N3S2/c1-11-6-7-17-9-14(11)15-10-21-16(19-15)18-12-4-3-5-13(8-12)20-2/h3-10H,1-2H3,(H,18,19). The number of nitrogens with one attached hydrogen (secondary N) is 1. The SMILES string of the molecule is CSc1cccc(Nc2nc(-c3cnccc3C)cs2)c1. The Balaban J connectivity index is 1.84. The van der Waals surface area contributed by atoms with Crippen LogP contribution >= 0.6 is 23.1 Å². The molecule has 1 aromatic carbocycles. The number of thioether (sulfide) groups is 1. The average Bonchev–Trinajstić information content (AvgIpc) is 2.96. The lowest BCUT2D eigenvalue weighted by Crippen LogP contribution is -1.90. The predicted molar refractivity (Wildman–Crippen MR) is 91.6 cm³/mol. The summed E-state index contributed by atoms with van der Waals surface area (Å²) in [6.45, 7) is 2.07. The van der Waals surface area contributed by atoms with Crippen molar-refractivity contribution in [3.8, 4) is 11.3 Å². The van der Waals surface area contributed by atoms with E-state index in [1.54, 1.807) is 29.3 Å². The molecule has 0 spiro atoms. The maximum atomic E-state index is 4.65. The van der Waals surface area contributed by atoms with Crippen LogP contribution in [0.5, 0.6) is 0 Å². The van der Waals surface area contributed by atoms with Crippen molar-refractivity contribution in [2.75, 3.05) is 11.6 Å². The van der Waals surface area contributed by atoms with E-state index in [9.17, 15) is 0 Å². The first kappa shape index (κ1) is 14.1. The Morgan fingerprint density at radius 2 is 2.14 bits per heavy atom. The highest BCUT2D eigenvalue weighted by molar-refractivity contribution is 7.98. The van der Waals surface area contributed by atoms with Crippen LogP contribution in [0.2, 0.25) is 0 Å². The molecule has 2 heterocycles. The summed E-state index contributed by atoms with van der Waals surface area (Å²) >= 11 is 3.34. The second-order valence-electron chi connectivity index (χ2n) is 4.59. The van der Waals surface area contributed by atoms with E-state index in [1.165, 1.54) is 10.5 Å². The zero-order valence-corrected chi connectivity index (χ0v) is 13.5. The van der Waals surface area contributed by atoms with Crippen LogP contribution in [0.15, 0.2) is 53.0 Å². The van der Waals surface area contributed by atoms with Crippen molar-refractivity contribution in [1.82, 2.24) is 9.97 Å². The normalized spacial score (nSPS) is 10.6. The van der Waals surface area contributed by atoms with Crippen molar-refractivity contribution >= 4 is 33.9 Å². The third-order valence-electron chi connectivity index (χ3n) is 3.14. The van der Waals surface area contributed by atoms with E-state index in [0.29, 0.717) is 0 Å². The molecule has 2 aromatic heterocycles. The summed E-state index contributed by atoms with van der Waals surface area (Å²) in [6, 6.07) is 10.3. The Morgan fingerprint density at radius 1 is 1.24 bits per heavy atom. The predicted octanol–water partition coefficient (Wildman–Crippen LogP) is 4.98. The van der Waals surface area contributed by atoms with Crippen LogP contribution in [0.25, 0.3) is 11.3 Å². The second kappa shape index (κ2) is 6.28. The van der Waals surface area contributed by atoms with Gasteiger partial charge in [0.05, 0.1) is 5.69 Å². The van der Waals surface area contributed by atoms with Crippen LogP contribution in [0, 0.1) is 6.92 Å². The first-order chi connectivity index (χ1) is 10.3. The lowest BCUT2D eigenvalue weighted by atomic mass is 10.1. The van der Waals surface area contributed by atoms with E-state index in [4.69, 9.17) is 0 Å². The smallest absolute Gasteiger partial charge is 0.187 e. The number of pyridine rings is 1. The number of nitrogens with zero attached hydrogens (tertiary/aromatic N) is 2. The molecule has 0 bridgehead atoms. The van der Waals surface area contributed by atoms with E-state index in [0.717, 1.165) is 22.1 Å². The number of benzene rings is 1. The minimum Gasteiger partial charge on any atom is -0.332 e. The van der Waals surface area contributed by atoms with Crippen molar-refractivity contribution < 1.29 is 0 Å². The van der Waals surface area contributed by atoms with Gasteiger partial charge in [-0.25, -0.2) is 4.98 Å². The van der Waals surface area contributed by atoms with Gasteiger partial charge in [0, 0.05) is 33.9 Å². The molecular formula is C16H15N3S2. The van der Waals surface area contributed by atoms with Crippen molar-refractivity contribution in [2.45, 2.75) is 11.8 Å². The Labute approximate surface area is 132 Å². The average molecular weight is 313 g/mol. The molecular weight excluding hydrogens is 298 g/mol. The third-order valence-corrected chi connectivity index (χ3v) is 4.62. The lowest BCUT2D eigenvalue weighted by molar-refractivity contribution is 1.26. The number of rotatable bonds is 4. The number of aryl methyl sites for hydroxylation is 1. The summed E-state index contributed by atoms with van der Waals surface area (Å²) in [6.07, 6.45) is 5.74. The van der Waals surface area contributed by atoms with Gasteiger partial charge in [-0.15, -0.1) is 23.1 Å². The summed E-state index contributed by atoms with van der Waals surface area (Å²) < 4.78 is 0. The van der Waals surface area contributed by atoms with Crippen molar-refractivity contribution in [3.05, 3.63) is 53.7 Å². The number of aromatic nitrogens is 2. The van der Waals surface area contributed by atoms with Crippen LogP contribution < -0.4 is 5.32 Å². The molecule has 0 radical (unpaired) electrons. The molecule has 3 nitrogen and oxygen atoms in total. The minimum absolute atomic E-state index is 0.895. The van der Waals surface area contributed by atoms with Gasteiger partial charge in [-0.3, -0.25) is 4.98 Å². The van der Waals surface area contributed by atoms with E-state index in [2.05, 4.69) is 52.0 Å². The maximum Gasteiger partial charge on any atom is 0.187 e. The van der Waals surface area contributed by atoms with Gasteiger partial charge >= 0.3 is 0 Å². The van der Waals surface area contributed by atoms with E-state index in [1.807, 2.05) is 18.3 Å². The van der Waals surface area contributed by atoms with Gasteiger partial charge in [0.1, 0.15) is 0 Å². The monoisotopic (exact) mass is 313 g/mol. The van der Waals surface area contributed by atoms with E-state index < -0.39 is 0 Å². The van der Waals surface area contributed by atoms with Crippen LogP contribution in [-0.4, -0.2) is 16.2 Å².